The molecule has 0 aliphatic carbocycles. The average Bonchev–Trinajstić information content (AvgIpc) is 3.04. The number of piperidine rings is 1. The summed E-state index contributed by atoms with van der Waals surface area (Å²) in [4.78, 5) is 18.5. The molecule has 1 fully saturated rings. The van der Waals surface area contributed by atoms with Crippen LogP contribution >= 0.6 is 0 Å². The van der Waals surface area contributed by atoms with Crippen molar-refractivity contribution in [1.29, 1.82) is 0 Å². The van der Waals surface area contributed by atoms with E-state index < -0.39 is 0 Å². The van der Waals surface area contributed by atoms with Crippen molar-refractivity contribution >= 4 is 5.91 Å². The second-order valence-electron chi connectivity index (χ2n) is 7.71. The van der Waals surface area contributed by atoms with Crippen LogP contribution in [0.15, 0.2) is 48.5 Å². The third kappa shape index (κ3) is 3.64. The molecule has 1 saturated heterocycles. The molecule has 1 unspecified atom stereocenters. The van der Waals surface area contributed by atoms with Gasteiger partial charge in [-0.15, -0.1) is 0 Å². The maximum atomic E-state index is 12.9. The number of fused-ring (bicyclic) bond motifs is 1. The monoisotopic (exact) mass is 396 g/mol. The number of aliphatic hydroxyl groups excluding tert-OH is 1. The lowest BCUT2D eigenvalue weighted by molar-refractivity contribution is -0.137. The summed E-state index contributed by atoms with van der Waals surface area (Å²) < 4.78 is 5.63. The van der Waals surface area contributed by atoms with Crippen molar-refractivity contribution in [2.45, 2.75) is 31.3 Å². The van der Waals surface area contributed by atoms with Crippen LogP contribution in [0.2, 0.25) is 0 Å². The van der Waals surface area contributed by atoms with Crippen LogP contribution in [0.4, 0.5) is 0 Å². The van der Waals surface area contributed by atoms with Gasteiger partial charge in [-0.2, -0.15) is 0 Å². The number of amides is 1. The van der Waals surface area contributed by atoms with E-state index in [9.17, 15) is 4.79 Å². The number of rotatable bonds is 6. The van der Waals surface area contributed by atoms with Crippen molar-refractivity contribution in [3.8, 4) is 5.75 Å². The number of hydrogen-bond donors (Lipinski definition) is 2. The normalized spacial score (nSPS) is 26.4. The SMILES string of the molecule is CON1C(=O)c2ccccc2C1[C@@H]1[C@@H](C)NCC[C@H]1c1cccc(OCCO)c1. The molecule has 2 aromatic rings. The Morgan fingerprint density at radius 1 is 1.21 bits per heavy atom. The van der Waals surface area contributed by atoms with Crippen LogP contribution in [-0.4, -0.2) is 49.0 Å². The molecule has 2 heterocycles. The van der Waals surface area contributed by atoms with Gasteiger partial charge in [0.2, 0.25) is 0 Å². The summed E-state index contributed by atoms with van der Waals surface area (Å²) in [5.74, 6) is 1.06. The lowest BCUT2D eigenvalue weighted by Crippen LogP contribution is -2.48. The molecule has 2 N–H and O–H groups in total. The summed E-state index contributed by atoms with van der Waals surface area (Å²) in [6, 6.07) is 15.9. The lowest BCUT2D eigenvalue weighted by Gasteiger charge is -2.43. The molecule has 0 aromatic heterocycles. The van der Waals surface area contributed by atoms with E-state index in [0.717, 1.165) is 29.8 Å². The van der Waals surface area contributed by atoms with Crippen LogP contribution in [0.3, 0.4) is 0 Å². The maximum Gasteiger partial charge on any atom is 0.278 e. The first-order chi connectivity index (χ1) is 14.2. The Kier molecular flexibility index (Phi) is 5.85. The lowest BCUT2D eigenvalue weighted by atomic mass is 9.72. The minimum Gasteiger partial charge on any atom is -0.491 e. The van der Waals surface area contributed by atoms with Crippen LogP contribution < -0.4 is 10.1 Å². The van der Waals surface area contributed by atoms with Crippen LogP contribution in [-0.2, 0) is 4.84 Å². The molecule has 2 aliphatic rings. The highest BCUT2D eigenvalue weighted by molar-refractivity contribution is 5.98. The van der Waals surface area contributed by atoms with Gasteiger partial charge in [-0.05, 0) is 55.1 Å². The first-order valence-electron chi connectivity index (χ1n) is 10.2. The summed E-state index contributed by atoms with van der Waals surface area (Å²) in [6.07, 6.45) is 0.961. The molecule has 6 nitrogen and oxygen atoms in total. The molecule has 2 aliphatic heterocycles. The van der Waals surface area contributed by atoms with Crippen LogP contribution in [0.5, 0.6) is 5.75 Å². The highest BCUT2D eigenvalue weighted by Gasteiger charge is 2.47. The second-order valence-corrected chi connectivity index (χ2v) is 7.71. The third-order valence-corrected chi connectivity index (χ3v) is 6.13. The number of carbonyl (C=O) groups excluding carboxylic acids is 1. The number of nitrogens with one attached hydrogen (secondary N) is 1. The molecule has 1 amide bonds. The molecule has 154 valence electrons. The molecule has 4 rings (SSSR count). The van der Waals surface area contributed by atoms with Crippen LogP contribution in [0.1, 0.15) is 46.8 Å². The van der Waals surface area contributed by atoms with Crippen molar-refractivity contribution in [2.75, 3.05) is 26.9 Å². The minimum atomic E-state index is -0.154. The Morgan fingerprint density at radius 2 is 2.03 bits per heavy atom. The highest BCUT2D eigenvalue weighted by atomic mass is 16.7. The molecule has 2 aromatic carbocycles. The van der Waals surface area contributed by atoms with Gasteiger partial charge < -0.3 is 15.2 Å². The largest absolute Gasteiger partial charge is 0.491 e. The Hall–Kier alpha value is -2.41. The van der Waals surface area contributed by atoms with E-state index in [1.165, 1.54) is 10.6 Å². The third-order valence-electron chi connectivity index (χ3n) is 6.13. The summed E-state index contributed by atoms with van der Waals surface area (Å²) in [5.41, 5.74) is 2.93. The van der Waals surface area contributed by atoms with E-state index in [2.05, 4.69) is 24.4 Å². The zero-order chi connectivity index (χ0) is 20.4. The predicted molar refractivity (Wildman–Crippen MR) is 110 cm³/mol. The van der Waals surface area contributed by atoms with Crippen LogP contribution in [0, 0.1) is 5.92 Å². The number of benzene rings is 2. The van der Waals surface area contributed by atoms with Gasteiger partial charge in [0, 0.05) is 17.5 Å². The first-order valence-corrected chi connectivity index (χ1v) is 10.2. The molecule has 4 atom stereocenters. The second kappa shape index (κ2) is 8.53. The quantitative estimate of drug-likeness (QED) is 0.786. The van der Waals surface area contributed by atoms with Gasteiger partial charge in [0.05, 0.1) is 19.8 Å². The van der Waals surface area contributed by atoms with Gasteiger partial charge in [0.15, 0.2) is 0 Å². The predicted octanol–water partition coefficient (Wildman–Crippen LogP) is 2.90. The molecule has 0 radical (unpaired) electrons. The number of aliphatic hydroxyl groups is 1. The molecule has 0 bridgehead atoms. The minimum absolute atomic E-state index is 0.0129. The van der Waals surface area contributed by atoms with Gasteiger partial charge in [-0.3, -0.25) is 9.63 Å². The zero-order valence-electron chi connectivity index (χ0n) is 16.9. The molecular weight excluding hydrogens is 368 g/mol. The standard InChI is InChI=1S/C23H28N2O4/c1-15-21(22-19-8-3-4-9-20(19)23(27)25(22)28-2)18(10-11-24-15)16-6-5-7-17(14-16)29-13-12-26/h3-9,14-15,18,21-22,24,26H,10-13H2,1-2H3/t15-,18+,21-,22?/m1/s1. The number of carbonyl (C=O) groups is 1. The van der Waals surface area contributed by atoms with E-state index in [1.807, 2.05) is 36.4 Å². The Bertz CT molecular complexity index is 871. The van der Waals surface area contributed by atoms with E-state index >= 15 is 0 Å². The fraction of sp³-hybridized carbons (Fsp3) is 0.435. The van der Waals surface area contributed by atoms with E-state index in [4.69, 9.17) is 14.7 Å². The van der Waals surface area contributed by atoms with Crippen molar-refractivity contribution in [2.24, 2.45) is 5.92 Å². The summed E-state index contributed by atoms with van der Waals surface area (Å²) in [7, 11) is 1.57. The van der Waals surface area contributed by atoms with Gasteiger partial charge >= 0.3 is 0 Å². The number of ether oxygens (including phenoxy) is 1. The topological polar surface area (TPSA) is 71.0 Å². The Labute approximate surface area is 171 Å². The molecule has 0 saturated carbocycles. The molecule has 0 spiro atoms. The summed E-state index contributed by atoms with van der Waals surface area (Å²) in [6.45, 7) is 3.36. The Balaban J connectivity index is 1.73. The van der Waals surface area contributed by atoms with Crippen molar-refractivity contribution in [3.05, 3.63) is 65.2 Å². The van der Waals surface area contributed by atoms with E-state index in [1.54, 1.807) is 7.11 Å². The fourth-order valence-electron chi connectivity index (χ4n) is 4.91. The van der Waals surface area contributed by atoms with Crippen LogP contribution in [0.25, 0.3) is 0 Å². The summed E-state index contributed by atoms with van der Waals surface area (Å²) >= 11 is 0. The maximum absolute atomic E-state index is 12.9. The number of hydroxylamine groups is 2. The summed E-state index contributed by atoms with van der Waals surface area (Å²) in [5, 5.41) is 14.2. The van der Waals surface area contributed by atoms with Gasteiger partial charge in [0.1, 0.15) is 12.4 Å². The zero-order valence-corrected chi connectivity index (χ0v) is 16.9. The van der Waals surface area contributed by atoms with E-state index in [-0.39, 0.29) is 43.0 Å². The van der Waals surface area contributed by atoms with Gasteiger partial charge in [-0.25, -0.2) is 5.06 Å². The number of hydrogen-bond acceptors (Lipinski definition) is 5. The first kappa shape index (κ1) is 19.9. The van der Waals surface area contributed by atoms with Crippen molar-refractivity contribution in [1.82, 2.24) is 10.4 Å². The van der Waals surface area contributed by atoms with Gasteiger partial charge in [-0.1, -0.05) is 30.3 Å². The molecule has 29 heavy (non-hydrogen) atoms. The fourth-order valence-corrected chi connectivity index (χ4v) is 4.91. The highest BCUT2D eigenvalue weighted by Crippen LogP contribution is 2.48. The van der Waals surface area contributed by atoms with Crippen molar-refractivity contribution in [3.63, 3.8) is 0 Å². The van der Waals surface area contributed by atoms with Gasteiger partial charge in [0.25, 0.3) is 5.91 Å². The van der Waals surface area contributed by atoms with Crippen molar-refractivity contribution < 1.29 is 19.5 Å². The smallest absolute Gasteiger partial charge is 0.278 e. The number of nitrogens with zero attached hydrogens (tertiary/aromatic N) is 1. The molecular formula is C23H28N2O4. The Morgan fingerprint density at radius 3 is 2.83 bits per heavy atom. The van der Waals surface area contributed by atoms with E-state index in [0.29, 0.717) is 0 Å². The average molecular weight is 396 g/mol. The molecule has 6 heteroatoms.